The number of fused-ring (bicyclic) bond motifs is 1. The molecule has 134 valence electrons. The molecule has 1 saturated heterocycles. The highest BCUT2D eigenvalue weighted by molar-refractivity contribution is 6.17. The molecule has 1 aliphatic heterocycles. The molecule has 1 fully saturated rings. The highest BCUT2D eigenvalue weighted by Gasteiger charge is 2.35. The van der Waals surface area contributed by atoms with Crippen molar-refractivity contribution in [2.75, 3.05) is 6.54 Å². The first kappa shape index (κ1) is 17.1. The average Bonchev–Trinajstić information content (AvgIpc) is 2.73. The van der Waals surface area contributed by atoms with Gasteiger partial charge in [0.15, 0.2) is 5.78 Å². The van der Waals surface area contributed by atoms with Gasteiger partial charge in [0.25, 0.3) is 0 Å². The van der Waals surface area contributed by atoms with Crippen LogP contribution >= 0.6 is 0 Å². The fourth-order valence-corrected chi connectivity index (χ4v) is 3.57. The first-order valence-electron chi connectivity index (χ1n) is 8.94. The fraction of sp³-hybridized carbons (Fsp3) is 0.182. The summed E-state index contributed by atoms with van der Waals surface area (Å²) in [5.41, 5.74) is 2.78. The van der Waals surface area contributed by atoms with Crippen LogP contribution in [0.4, 0.5) is 0 Å². The summed E-state index contributed by atoms with van der Waals surface area (Å²) in [7, 11) is 0. The maximum atomic E-state index is 13.3. The third-order valence-corrected chi connectivity index (χ3v) is 4.97. The Morgan fingerprint density at radius 2 is 1.81 bits per heavy atom. The quantitative estimate of drug-likeness (QED) is 0.407. The Morgan fingerprint density at radius 1 is 1.07 bits per heavy atom. The van der Waals surface area contributed by atoms with Crippen molar-refractivity contribution in [2.45, 2.75) is 12.8 Å². The Morgan fingerprint density at radius 3 is 2.59 bits per heavy atom. The topological polar surface area (TPSA) is 67.3 Å². The molecular weight excluding hydrogens is 340 g/mol. The number of para-hydroxylation sites is 1. The number of carbonyl (C=O) groups is 3. The van der Waals surface area contributed by atoms with Crippen LogP contribution in [-0.2, 0) is 9.59 Å². The number of Topliss-reactive ketones (excluding diaryl/α,β-unsaturated/α-hetero) is 1. The monoisotopic (exact) mass is 358 g/mol. The molecule has 2 amide bonds. The van der Waals surface area contributed by atoms with Crippen molar-refractivity contribution in [1.82, 2.24) is 9.88 Å². The molecule has 5 heteroatoms. The molecule has 27 heavy (non-hydrogen) atoms. The van der Waals surface area contributed by atoms with E-state index in [9.17, 15) is 14.4 Å². The molecule has 1 aromatic heterocycles. The summed E-state index contributed by atoms with van der Waals surface area (Å²) in [6.45, 7) is 0.373. The average molecular weight is 358 g/mol. The summed E-state index contributed by atoms with van der Waals surface area (Å²) in [6, 6.07) is 18.8. The largest absolute Gasteiger partial charge is 0.293 e. The van der Waals surface area contributed by atoms with Crippen molar-refractivity contribution in [3.05, 3.63) is 66.2 Å². The normalized spacial score (nSPS) is 17.1. The maximum Gasteiger partial charge on any atom is 0.239 e. The molecule has 0 radical (unpaired) electrons. The third-order valence-electron chi connectivity index (χ3n) is 4.97. The first-order valence-corrected chi connectivity index (χ1v) is 8.94. The molecule has 0 saturated carbocycles. The minimum Gasteiger partial charge on any atom is -0.293 e. The predicted octanol–water partition coefficient (Wildman–Crippen LogP) is 3.48. The van der Waals surface area contributed by atoms with Crippen molar-refractivity contribution < 1.29 is 14.4 Å². The SMILES string of the molecule is O=CN1CCCC(C(=O)c2cc(-c3ccccc3)nc3ccccc23)C1=O. The van der Waals surface area contributed by atoms with Crippen LogP contribution in [-0.4, -0.2) is 34.5 Å². The Kier molecular flexibility index (Phi) is 4.50. The number of ketones is 1. The van der Waals surface area contributed by atoms with Crippen molar-refractivity contribution in [1.29, 1.82) is 0 Å². The van der Waals surface area contributed by atoms with E-state index in [-0.39, 0.29) is 5.78 Å². The van der Waals surface area contributed by atoms with Crippen LogP contribution in [0.25, 0.3) is 22.2 Å². The number of hydrogen-bond acceptors (Lipinski definition) is 4. The molecule has 0 aliphatic carbocycles. The Hall–Kier alpha value is -3.34. The number of rotatable bonds is 4. The van der Waals surface area contributed by atoms with E-state index in [2.05, 4.69) is 4.98 Å². The van der Waals surface area contributed by atoms with Crippen molar-refractivity contribution >= 4 is 29.0 Å². The molecule has 0 N–H and O–H groups in total. The lowest BCUT2D eigenvalue weighted by Gasteiger charge is -2.27. The Bertz CT molecular complexity index is 1030. The number of imide groups is 1. The second-order valence-electron chi connectivity index (χ2n) is 6.63. The number of hydrogen-bond donors (Lipinski definition) is 0. The fourth-order valence-electron chi connectivity index (χ4n) is 3.57. The number of carbonyl (C=O) groups excluding carboxylic acids is 3. The molecule has 0 spiro atoms. The van der Waals surface area contributed by atoms with E-state index in [1.807, 2.05) is 54.6 Å². The maximum absolute atomic E-state index is 13.3. The number of nitrogens with zero attached hydrogens (tertiary/aromatic N) is 2. The van der Waals surface area contributed by atoms with Gasteiger partial charge in [-0.3, -0.25) is 19.3 Å². The van der Waals surface area contributed by atoms with Crippen molar-refractivity contribution in [3.63, 3.8) is 0 Å². The van der Waals surface area contributed by atoms with E-state index < -0.39 is 11.8 Å². The van der Waals surface area contributed by atoms with E-state index in [1.54, 1.807) is 6.07 Å². The van der Waals surface area contributed by atoms with Crippen molar-refractivity contribution in [3.8, 4) is 11.3 Å². The lowest BCUT2D eigenvalue weighted by Crippen LogP contribution is -2.43. The highest BCUT2D eigenvalue weighted by Crippen LogP contribution is 2.29. The van der Waals surface area contributed by atoms with Gasteiger partial charge in [-0.1, -0.05) is 48.5 Å². The number of benzene rings is 2. The second-order valence-corrected chi connectivity index (χ2v) is 6.63. The summed E-state index contributed by atoms with van der Waals surface area (Å²) in [5, 5.41) is 0.721. The van der Waals surface area contributed by atoms with E-state index in [0.717, 1.165) is 15.8 Å². The standard InChI is InChI=1S/C22H18N2O3/c25-14-24-12-6-10-17(22(24)27)21(26)18-13-20(15-7-2-1-3-8-15)23-19-11-5-4-9-16(18)19/h1-5,7-9,11,13-14,17H,6,10,12H2. The number of aromatic nitrogens is 1. The molecule has 3 aromatic rings. The van der Waals surface area contributed by atoms with Gasteiger partial charge in [-0.05, 0) is 25.0 Å². The highest BCUT2D eigenvalue weighted by atomic mass is 16.2. The molecule has 1 unspecified atom stereocenters. The molecule has 5 nitrogen and oxygen atoms in total. The van der Waals surface area contributed by atoms with Crippen molar-refractivity contribution in [2.24, 2.45) is 5.92 Å². The van der Waals surface area contributed by atoms with Gasteiger partial charge < -0.3 is 0 Å². The second kappa shape index (κ2) is 7.11. The van der Waals surface area contributed by atoms with Crippen LogP contribution in [0.5, 0.6) is 0 Å². The van der Waals surface area contributed by atoms with Gasteiger partial charge in [-0.15, -0.1) is 0 Å². The Balaban J connectivity index is 1.84. The van der Waals surface area contributed by atoms with E-state index in [1.165, 1.54) is 0 Å². The first-order chi connectivity index (χ1) is 13.2. The van der Waals surface area contributed by atoms with Crippen LogP contribution in [0.1, 0.15) is 23.2 Å². The lowest BCUT2D eigenvalue weighted by atomic mass is 9.87. The molecular formula is C22H18N2O3. The number of likely N-dealkylation sites (tertiary alicyclic amines) is 1. The molecule has 1 aliphatic rings. The minimum atomic E-state index is -0.821. The van der Waals surface area contributed by atoms with E-state index in [0.29, 0.717) is 42.6 Å². The van der Waals surface area contributed by atoms with Gasteiger partial charge in [0.1, 0.15) is 5.92 Å². The van der Waals surface area contributed by atoms with Gasteiger partial charge in [0.2, 0.25) is 12.3 Å². The zero-order valence-electron chi connectivity index (χ0n) is 14.7. The van der Waals surface area contributed by atoms with Gasteiger partial charge >= 0.3 is 0 Å². The van der Waals surface area contributed by atoms with Gasteiger partial charge in [-0.2, -0.15) is 0 Å². The van der Waals surface area contributed by atoms with Gasteiger partial charge in [0.05, 0.1) is 11.2 Å². The number of amides is 2. The third kappa shape index (κ3) is 3.12. The Labute approximate surface area is 156 Å². The molecule has 0 bridgehead atoms. The summed E-state index contributed by atoms with van der Waals surface area (Å²) in [6.07, 6.45) is 1.61. The summed E-state index contributed by atoms with van der Waals surface area (Å²) < 4.78 is 0. The smallest absolute Gasteiger partial charge is 0.239 e. The van der Waals surface area contributed by atoms with Crippen LogP contribution in [0.3, 0.4) is 0 Å². The zero-order chi connectivity index (χ0) is 18.8. The number of piperidine rings is 1. The van der Waals surface area contributed by atoms with Crippen LogP contribution in [0.2, 0.25) is 0 Å². The van der Waals surface area contributed by atoms with E-state index in [4.69, 9.17) is 0 Å². The summed E-state index contributed by atoms with van der Waals surface area (Å²) in [5.74, 6) is -1.48. The lowest BCUT2D eigenvalue weighted by molar-refractivity contribution is -0.142. The van der Waals surface area contributed by atoms with Crippen LogP contribution in [0, 0.1) is 5.92 Å². The molecule has 2 heterocycles. The zero-order valence-corrected chi connectivity index (χ0v) is 14.7. The minimum absolute atomic E-state index is 0.248. The van der Waals surface area contributed by atoms with Crippen LogP contribution < -0.4 is 0 Å². The summed E-state index contributed by atoms with van der Waals surface area (Å²) >= 11 is 0. The van der Waals surface area contributed by atoms with Gasteiger partial charge in [0, 0.05) is 23.1 Å². The summed E-state index contributed by atoms with van der Waals surface area (Å²) in [4.78, 5) is 42.7. The van der Waals surface area contributed by atoms with E-state index >= 15 is 0 Å². The molecule has 4 rings (SSSR count). The predicted molar refractivity (Wildman–Crippen MR) is 102 cm³/mol. The molecule has 2 aromatic carbocycles. The van der Waals surface area contributed by atoms with Gasteiger partial charge in [-0.25, -0.2) is 4.98 Å². The number of pyridine rings is 1. The van der Waals surface area contributed by atoms with Crippen LogP contribution in [0.15, 0.2) is 60.7 Å². The molecule has 1 atom stereocenters.